The Balaban J connectivity index is 0. The van der Waals surface area contributed by atoms with Crippen LogP contribution in [0.5, 0.6) is 0 Å². The van der Waals surface area contributed by atoms with E-state index in [0.717, 1.165) is 5.75 Å². The summed E-state index contributed by atoms with van der Waals surface area (Å²) in [5, 5.41) is 0. The molecule has 0 spiro atoms. The summed E-state index contributed by atoms with van der Waals surface area (Å²) >= 11 is 1.78. The topological polar surface area (TPSA) is 26.0 Å². The second kappa shape index (κ2) is 6.60. The van der Waals surface area contributed by atoms with Crippen molar-refractivity contribution in [3.05, 3.63) is 0 Å². The summed E-state index contributed by atoms with van der Waals surface area (Å²) in [7, 11) is 0. The fraction of sp³-hybridized carbons (Fsp3) is 1.00. The number of halogens is 1. The first kappa shape index (κ1) is 10.6. The summed E-state index contributed by atoms with van der Waals surface area (Å²) in [6, 6.07) is 0.361. The maximum atomic E-state index is 5.38. The Kier molecular flexibility index (Phi) is 9.95. The number of hydrogen-bond donors (Lipinski definition) is 1. The van der Waals surface area contributed by atoms with E-state index in [4.69, 9.17) is 5.73 Å². The minimum Gasteiger partial charge on any atom is -0.327 e. The highest BCUT2D eigenvalue weighted by molar-refractivity contribution is 7.98. The molecule has 1 atom stereocenters. The Hall–Kier alpha value is 0.600. The van der Waals surface area contributed by atoms with Gasteiger partial charge in [0.25, 0.3) is 0 Å². The molecule has 2 N–H and O–H groups in total. The first-order valence-electron chi connectivity index (χ1n) is 2.02. The van der Waals surface area contributed by atoms with E-state index in [1.54, 1.807) is 11.8 Å². The second-order valence-corrected chi connectivity index (χ2v) is 2.34. The highest BCUT2D eigenvalue weighted by Crippen LogP contribution is 1.91. The molecule has 0 aromatic rings. The molecule has 46 valence electrons. The van der Waals surface area contributed by atoms with Crippen LogP contribution in [-0.2, 0) is 0 Å². The van der Waals surface area contributed by atoms with Crippen molar-refractivity contribution in [1.29, 1.82) is 0 Å². The van der Waals surface area contributed by atoms with E-state index < -0.39 is 0 Å². The van der Waals surface area contributed by atoms with Crippen LogP contribution in [0.15, 0.2) is 0 Å². The molecule has 0 unspecified atom stereocenters. The van der Waals surface area contributed by atoms with Gasteiger partial charge in [-0.2, -0.15) is 11.8 Å². The summed E-state index contributed by atoms with van der Waals surface area (Å²) in [6.45, 7) is 2.01. The molecule has 0 bridgehead atoms. The third-order valence-corrected chi connectivity index (χ3v) is 1.29. The maximum absolute atomic E-state index is 5.38. The predicted molar refractivity (Wildman–Crippen MR) is 39.3 cm³/mol. The van der Waals surface area contributed by atoms with Gasteiger partial charge in [0.05, 0.1) is 0 Å². The number of thioether (sulfide) groups is 1. The lowest BCUT2D eigenvalue weighted by atomic mass is 10.4. The van der Waals surface area contributed by atoms with Gasteiger partial charge in [-0.1, -0.05) is 0 Å². The van der Waals surface area contributed by atoms with Crippen molar-refractivity contribution in [3.8, 4) is 0 Å². The molecule has 0 amide bonds. The first-order valence-corrected chi connectivity index (χ1v) is 3.41. The fourth-order valence-corrected chi connectivity index (χ4v) is 0.789. The molecule has 1 nitrogen and oxygen atoms in total. The quantitative estimate of drug-likeness (QED) is 0.624. The van der Waals surface area contributed by atoms with E-state index in [1.807, 2.05) is 6.92 Å². The van der Waals surface area contributed by atoms with E-state index in [9.17, 15) is 0 Å². The Morgan fingerprint density at radius 2 is 2.14 bits per heavy atom. The average Bonchev–Trinajstić information content (AvgIpc) is 1.35. The van der Waals surface area contributed by atoms with E-state index in [2.05, 4.69) is 6.26 Å². The highest BCUT2D eigenvalue weighted by Gasteiger charge is 1.85. The lowest BCUT2D eigenvalue weighted by Gasteiger charge is -1.96. The van der Waals surface area contributed by atoms with E-state index >= 15 is 0 Å². The minimum absolute atomic E-state index is 0. The lowest BCUT2D eigenvalue weighted by molar-refractivity contribution is 0.848. The van der Waals surface area contributed by atoms with Crippen molar-refractivity contribution in [3.63, 3.8) is 0 Å². The van der Waals surface area contributed by atoms with Gasteiger partial charge in [0.15, 0.2) is 0 Å². The molecular weight excluding hydrogens is 130 g/mol. The lowest BCUT2D eigenvalue weighted by Crippen LogP contribution is -2.16. The van der Waals surface area contributed by atoms with Gasteiger partial charge in [0.2, 0.25) is 0 Å². The smallest absolute Gasteiger partial charge is 0.0101 e. The second-order valence-electron chi connectivity index (χ2n) is 1.43. The van der Waals surface area contributed by atoms with Crippen LogP contribution in [0.1, 0.15) is 6.92 Å². The highest BCUT2D eigenvalue weighted by atomic mass is 35.5. The molecule has 7 heavy (non-hydrogen) atoms. The Morgan fingerprint density at radius 1 is 1.71 bits per heavy atom. The van der Waals surface area contributed by atoms with Crippen molar-refractivity contribution in [2.75, 3.05) is 12.0 Å². The first-order chi connectivity index (χ1) is 2.77. The van der Waals surface area contributed by atoms with Crippen LogP contribution in [0.25, 0.3) is 0 Å². The fourth-order valence-electron chi connectivity index (χ4n) is 0.263. The summed E-state index contributed by atoms with van der Waals surface area (Å²) in [6.07, 6.45) is 2.06. The van der Waals surface area contributed by atoms with Crippen molar-refractivity contribution in [1.82, 2.24) is 0 Å². The standard InChI is InChI=1S/C4H11NS.ClH/c1-4(5)3-6-2;/h4H,3,5H2,1-2H3;1H/t4-;/m1./s1. The Labute approximate surface area is 55.5 Å². The zero-order valence-corrected chi connectivity index (χ0v) is 6.31. The third-order valence-electron chi connectivity index (χ3n) is 0.430. The van der Waals surface area contributed by atoms with Gasteiger partial charge in [-0.25, -0.2) is 0 Å². The molecule has 0 saturated carbocycles. The number of hydrogen-bond acceptors (Lipinski definition) is 2. The molecule has 0 aromatic heterocycles. The molecule has 0 aromatic carbocycles. The zero-order chi connectivity index (χ0) is 4.99. The van der Waals surface area contributed by atoms with Crippen LogP contribution < -0.4 is 5.73 Å². The monoisotopic (exact) mass is 141 g/mol. The van der Waals surface area contributed by atoms with Crippen LogP contribution in [0.2, 0.25) is 0 Å². The molecule has 0 aliphatic carbocycles. The molecular formula is C4H12ClNS. The third kappa shape index (κ3) is 10.8. The maximum Gasteiger partial charge on any atom is 0.0101 e. The van der Waals surface area contributed by atoms with Gasteiger partial charge in [-0.05, 0) is 13.2 Å². The van der Waals surface area contributed by atoms with Crippen molar-refractivity contribution in [2.45, 2.75) is 13.0 Å². The van der Waals surface area contributed by atoms with Crippen LogP contribution in [0.3, 0.4) is 0 Å². The predicted octanol–water partition coefficient (Wildman–Crippen LogP) is 1.12. The van der Waals surface area contributed by atoms with Gasteiger partial charge in [0.1, 0.15) is 0 Å². The Bertz CT molecular complexity index is 32.9. The van der Waals surface area contributed by atoms with Crippen molar-refractivity contribution in [2.24, 2.45) is 5.73 Å². The Morgan fingerprint density at radius 3 is 2.14 bits per heavy atom. The van der Waals surface area contributed by atoms with Crippen molar-refractivity contribution < 1.29 is 0 Å². The van der Waals surface area contributed by atoms with Gasteiger partial charge < -0.3 is 5.73 Å². The van der Waals surface area contributed by atoms with Crippen LogP contribution in [-0.4, -0.2) is 18.1 Å². The summed E-state index contributed by atoms with van der Waals surface area (Å²) in [5.41, 5.74) is 5.38. The van der Waals surface area contributed by atoms with Crippen LogP contribution >= 0.6 is 24.2 Å². The van der Waals surface area contributed by atoms with Gasteiger partial charge in [-0.15, -0.1) is 12.4 Å². The molecule has 0 saturated heterocycles. The number of rotatable bonds is 2. The van der Waals surface area contributed by atoms with E-state index in [1.165, 1.54) is 0 Å². The largest absolute Gasteiger partial charge is 0.327 e. The summed E-state index contributed by atoms with van der Waals surface area (Å²) in [5.74, 6) is 1.07. The van der Waals surface area contributed by atoms with Crippen LogP contribution in [0, 0.1) is 0 Å². The number of nitrogens with two attached hydrogens (primary N) is 1. The molecule has 0 heterocycles. The molecule has 0 aliphatic heterocycles. The SMILES string of the molecule is CSC[C@@H](C)N.Cl. The van der Waals surface area contributed by atoms with Crippen molar-refractivity contribution >= 4 is 24.2 Å². The molecule has 0 radical (unpaired) electrons. The van der Waals surface area contributed by atoms with E-state index in [0.29, 0.717) is 6.04 Å². The zero-order valence-electron chi connectivity index (χ0n) is 4.68. The minimum atomic E-state index is 0. The molecule has 0 aliphatic rings. The average molecular weight is 142 g/mol. The van der Waals surface area contributed by atoms with Crippen LogP contribution in [0.4, 0.5) is 0 Å². The molecule has 0 rings (SSSR count). The molecule has 3 heteroatoms. The van der Waals surface area contributed by atoms with Gasteiger partial charge >= 0.3 is 0 Å². The van der Waals surface area contributed by atoms with E-state index in [-0.39, 0.29) is 12.4 Å². The normalized spacial score (nSPS) is 12.4. The summed E-state index contributed by atoms with van der Waals surface area (Å²) in [4.78, 5) is 0. The molecule has 0 fully saturated rings. The summed E-state index contributed by atoms with van der Waals surface area (Å²) < 4.78 is 0. The van der Waals surface area contributed by atoms with Gasteiger partial charge in [0, 0.05) is 11.8 Å². The van der Waals surface area contributed by atoms with Gasteiger partial charge in [-0.3, -0.25) is 0 Å².